The summed E-state index contributed by atoms with van der Waals surface area (Å²) in [6, 6.07) is 7.59. The van der Waals surface area contributed by atoms with Crippen molar-refractivity contribution in [1.82, 2.24) is 9.80 Å². The molecule has 0 heterocycles. The Morgan fingerprint density at radius 2 is 1.67 bits per heavy atom. The maximum Gasteiger partial charge on any atom is 0.238 e. The van der Waals surface area contributed by atoms with Crippen LogP contribution in [-0.4, -0.2) is 55.3 Å². The molecule has 0 aliphatic carbocycles. The van der Waals surface area contributed by atoms with Crippen LogP contribution in [0, 0.1) is 0 Å². The molecule has 0 unspecified atom stereocenters. The number of nitrogens with one attached hydrogen (secondary N) is 1. The Balaban J connectivity index is 2.50. The summed E-state index contributed by atoms with van der Waals surface area (Å²) in [6.45, 7) is 8.94. The predicted molar refractivity (Wildman–Crippen MR) is 98.9 cm³/mol. The summed E-state index contributed by atoms with van der Waals surface area (Å²) in [5.74, 6) is 0.0335. The molecule has 1 rings (SSSR count). The highest BCUT2D eigenvalue weighted by atomic mass is 16.2. The lowest BCUT2D eigenvalue weighted by atomic mass is 10.1. The first-order valence-electron chi connectivity index (χ1n) is 7.99. The zero-order chi connectivity index (χ0) is 17.9. The second-order valence-corrected chi connectivity index (χ2v) is 5.80. The summed E-state index contributed by atoms with van der Waals surface area (Å²) >= 11 is 0. The van der Waals surface area contributed by atoms with E-state index in [0.717, 1.165) is 11.3 Å². The average Bonchev–Trinajstić information content (AvgIpc) is 2.54. The predicted octanol–water partition coefficient (Wildman–Crippen LogP) is 2.32. The molecule has 1 aromatic carbocycles. The van der Waals surface area contributed by atoms with Crippen molar-refractivity contribution in [3.63, 3.8) is 0 Å². The second-order valence-electron chi connectivity index (χ2n) is 5.80. The molecular formula is C19H27N3O2. The minimum atomic E-state index is -0.0748. The highest BCUT2D eigenvalue weighted by molar-refractivity contribution is 5.92. The van der Waals surface area contributed by atoms with Crippen molar-refractivity contribution in [2.24, 2.45) is 0 Å². The molecule has 0 aromatic heterocycles. The summed E-state index contributed by atoms with van der Waals surface area (Å²) in [5.41, 5.74) is 1.82. The summed E-state index contributed by atoms with van der Waals surface area (Å²) in [7, 11) is 3.51. The van der Waals surface area contributed by atoms with Gasteiger partial charge < -0.3 is 10.2 Å². The number of rotatable bonds is 10. The molecule has 5 heteroatoms. The molecular weight excluding hydrogens is 302 g/mol. The smallest absolute Gasteiger partial charge is 0.238 e. The molecule has 1 N–H and O–H groups in total. The third kappa shape index (κ3) is 7.24. The van der Waals surface area contributed by atoms with Crippen LogP contribution in [0.25, 0.3) is 0 Å². The Morgan fingerprint density at radius 3 is 2.17 bits per heavy atom. The number of nitrogens with zero attached hydrogens (tertiary/aromatic N) is 2. The Kier molecular flexibility index (Phi) is 8.50. The van der Waals surface area contributed by atoms with E-state index in [9.17, 15) is 9.59 Å². The van der Waals surface area contributed by atoms with E-state index in [1.165, 1.54) is 0 Å². The topological polar surface area (TPSA) is 52.7 Å². The van der Waals surface area contributed by atoms with Gasteiger partial charge in [0.15, 0.2) is 0 Å². The Bertz CT molecular complexity index is 554. The first-order chi connectivity index (χ1) is 11.5. The SMILES string of the molecule is C=CCN(CC=C)CC(=O)Nc1ccc(CCC(=O)N(C)C)cc1. The van der Waals surface area contributed by atoms with E-state index in [0.29, 0.717) is 25.9 Å². The van der Waals surface area contributed by atoms with Gasteiger partial charge in [-0.15, -0.1) is 13.2 Å². The normalized spacial score (nSPS) is 10.3. The van der Waals surface area contributed by atoms with E-state index in [2.05, 4.69) is 18.5 Å². The fraction of sp³-hybridized carbons (Fsp3) is 0.368. The first-order valence-corrected chi connectivity index (χ1v) is 7.99. The van der Waals surface area contributed by atoms with Gasteiger partial charge in [0.25, 0.3) is 0 Å². The Labute approximate surface area is 144 Å². The van der Waals surface area contributed by atoms with Crippen molar-refractivity contribution in [2.45, 2.75) is 12.8 Å². The van der Waals surface area contributed by atoms with Crippen molar-refractivity contribution in [3.05, 3.63) is 55.1 Å². The molecule has 1 aromatic rings. The van der Waals surface area contributed by atoms with Crippen LogP contribution in [0.3, 0.4) is 0 Å². The summed E-state index contributed by atoms with van der Waals surface area (Å²) in [6.07, 6.45) is 4.70. The molecule has 24 heavy (non-hydrogen) atoms. The number of hydrogen-bond donors (Lipinski definition) is 1. The maximum absolute atomic E-state index is 12.1. The van der Waals surface area contributed by atoms with Gasteiger partial charge in [0, 0.05) is 39.3 Å². The van der Waals surface area contributed by atoms with Crippen molar-refractivity contribution in [2.75, 3.05) is 39.0 Å². The van der Waals surface area contributed by atoms with Crippen LogP contribution in [0.1, 0.15) is 12.0 Å². The first kappa shape index (κ1) is 19.6. The van der Waals surface area contributed by atoms with Gasteiger partial charge in [-0.3, -0.25) is 14.5 Å². The van der Waals surface area contributed by atoms with Crippen LogP contribution >= 0.6 is 0 Å². The molecule has 0 aliphatic heterocycles. The maximum atomic E-state index is 12.1. The minimum Gasteiger partial charge on any atom is -0.349 e. The van der Waals surface area contributed by atoms with Crippen molar-refractivity contribution >= 4 is 17.5 Å². The van der Waals surface area contributed by atoms with Crippen LogP contribution in [-0.2, 0) is 16.0 Å². The number of anilines is 1. The third-order valence-electron chi connectivity index (χ3n) is 3.51. The molecule has 0 fully saturated rings. The van der Waals surface area contributed by atoms with Crippen LogP contribution in [0.2, 0.25) is 0 Å². The summed E-state index contributed by atoms with van der Waals surface area (Å²) in [5, 5.41) is 2.88. The van der Waals surface area contributed by atoms with Gasteiger partial charge >= 0.3 is 0 Å². The fourth-order valence-electron chi connectivity index (χ4n) is 2.20. The lowest BCUT2D eigenvalue weighted by Crippen LogP contribution is -2.33. The number of hydrogen-bond acceptors (Lipinski definition) is 3. The van der Waals surface area contributed by atoms with Crippen LogP contribution in [0.4, 0.5) is 5.69 Å². The van der Waals surface area contributed by atoms with Gasteiger partial charge in [-0.1, -0.05) is 24.3 Å². The molecule has 0 bridgehead atoms. The molecule has 2 amide bonds. The van der Waals surface area contributed by atoms with E-state index in [4.69, 9.17) is 0 Å². The van der Waals surface area contributed by atoms with E-state index in [-0.39, 0.29) is 18.4 Å². The summed E-state index contributed by atoms with van der Waals surface area (Å²) in [4.78, 5) is 27.2. The zero-order valence-corrected chi connectivity index (χ0v) is 14.6. The number of amides is 2. The highest BCUT2D eigenvalue weighted by Gasteiger charge is 2.09. The molecule has 0 radical (unpaired) electrons. The molecule has 0 aliphatic rings. The molecule has 130 valence electrons. The fourth-order valence-corrected chi connectivity index (χ4v) is 2.20. The lowest BCUT2D eigenvalue weighted by molar-refractivity contribution is -0.128. The van der Waals surface area contributed by atoms with E-state index >= 15 is 0 Å². The Morgan fingerprint density at radius 1 is 1.08 bits per heavy atom. The molecule has 0 spiro atoms. The summed E-state index contributed by atoms with van der Waals surface area (Å²) < 4.78 is 0. The van der Waals surface area contributed by atoms with Crippen LogP contribution < -0.4 is 5.32 Å². The zero-order valence-electron chi connectivity index (χ0n) is 14.6. The number of benzene rings is 1. The number of carbonyl (C=O) groups is 2. The molecule has 0 atom stereocenters. The van der Waals surface area contributed by atoms with Crippen molar-refractivity contribution in [3.8, 4) is 0 Å². The van der Waals surface area contributed by atoms with E-state index in [1.54, 1.807) is 31.1 Å². The van der Waals surface area contributed by atoms with Crippen LogP contribution in [0.5, 0.6) is 0 Å². The largest absolute Gasteiger partial charge is 0.349 e. The molecule has 0 saturated carbocycles. The third-order valence-corrected chi connectivity index (χ3v) is 3.51. The van der Waals surface area contributed by atoms with Crippen molar-refractivity contribution < 1.29 is 9.59 Å². The van der Waals surface area contributed by atoms with Gasteiger partial charge in [-0.05, 0) is 24.1 Å². The van der Waals surface area contributed by atoms with Gasteiger partial charge in [0.2, 0.25) is 11.8 Å². The molecule has 5 nitrogen and oxygen atoms in total. The van der Waals surface area contributed by atoms with Crippen molar-refractivity contribution in [1.29, 1.82) is 0 Å². The second kappa shape index (κ2) is 10.4. The van der Waals surface area contributed by atoms with E-state index < -0.39 is 0 Å². The van der Waals surface area contributed by atoms with Gasteiger partial charge in [-0.25, -0.2) is 0 Å². The lowest BCUT2D eigenvalue weighted by Gasteiger charge is -2.18. The minimum absolute atomic E-state index is 0.0748. The monoisotopic (exact) mass is 329 g/mol. The average molecular weight is 329 g/mol. The number of carbonyl (C=O) groups excluding carboxylic acids is 2. The van der Waals surface area contributed by atoms with E-state index in [1.807, 2.05) is 29.2 Å². The van der Waals surface area contributed by atoms with Gasteiger partial charge in [0.1, 0.15) is 0 Å². The van der Waals surface area contributed by atoms with Gasteiger partial charge in [0.05, 0.1) is 6.54 Å². The number of aryl methyl sites for hydroxylation is 1. The van der Waals surface area contributed by atoms with Crippen LogP contribution in [0.15, 0.2) is 49.6 Å². The quantitative estimate of drug-likeness (QED) is 0.670. The molecule has 0 saturated heterocycles. The highest BCUT2D eigenvalue weighted by Crippen LogP contribution is 2.11. The Hall–Kier alpha value is -2.40. The van der Waals surface area contributed by atoms with Gasteiger partial charge in [-0.2, -0.15) is 0 Å². The standard InChI is InChI=1S/C19H27N3O2/c1-5-13-22(14-6-2)15-18(23)20-17-10-7-16(8-11-17)9-12-19(24)21(3)4/h5-8,10-11H,1-2,9,12-15H2,3-4H3,(H,20,23).